The predicted octanol–water partition coefficient (Wildman–Crippen LogP) is 2.18. The van der Waals surface area contributed by atoms with E-state index in [9.17, 15) is 4.79 Å². The fourth-order valence-corrected chi connectivity index (χ4v) is 3.22. The zero-order valence-electron chi connectivity index (χ0n) is 15.0. The molecule has 2 aromatic rings. The van der Waals surface area contributed by atoms with Gasteiger partial charge in [0.25, 0.3) is 0 Å². The molecule has 7 nitrogen and oxygen atoms in total. The van der Waals surface area contributed by atoms with Crippen LogP contribution in [0.3, 0.4) is 0 Å². The maximum Gasteiger partial charge on any atom is 0.231 e. The van der Waals surface area contributed by atoms with E-state index >= 15 is 0 Å². The van der Waals surface area contributed by atoms with Crippen LogP contribution in [0.2, 0.25) is 0 Å². The molecule has 0 aliphatic carbocycles. The molecule has 0 unspecified atom stereocenters. The summed E-state index contributed by atoms with van der Waals surface area (Å²) in [6.07, 6.45) is 0. The number of carbonyl (C=O) groups is 1. The molecule has 0 bridgehead atoms. The highest BCUT2D eigenvalue weighted by Crippen LogP contribution is 2.35. The van der Waals surface area contributed by atoms with Gasteiger partial charge in [0.15, 0.2) is 17.3 Å². The number of ether oxygens (including phenoxy) is 2. The van der Waals surface area contributed by atoms with E-state index in [2.05, 4.69) is 15.1 Å². The van der Waals surface area contributed by atoms with E-state index in [0.717, 1.165) is 54.8 Å². The first-order valence-corrected chi connectivity index (χ1v) is 8.89. The first-order chi connectivity index (χ1) is 12.6. The summed E-state index contributed by atoms with van der Waals surface area (Å²) in [6.45, 7) is 7.14. The quantitative estimate of drug-likeness (QED) is 0.842. The molecule has 4 rings (SSSR count). The van der Waals surface area contributed by atoms with Crippen molar-refractivity contribution in [1.82, 2.24) is 15.1 Å². The number of amides is 1. The molecule has 1 aromatic carbocycles. The molecule has 136 valence electrons. The van der Waals surface area contributed by atoms with Gasteiger partial charge < -0.3 is 19.3 Å². The van der Waals surface area contributed by atoms with Crippen LogP contribution in [0.25, 0.3) is 11.3 Å². The van der Waals surface area contributed by atoms with E-state index in [0.29, 0.717) is 0 Å². The molecule has 0 N–H and O–H groups in total. The molecule has 1 amide bonds. The number of hydrogen-bond donors (Lipinski definition) is 0. The Bertz CT molecular complexity index is 799. The number of piperazine rings is 1. The van der Waals surface area contributed by atoms with Crippen molar-refractivity contribution < 1.29 is 14.3 Å². The van der Waals surface area contributed by atoms with Crippen LogP contribution in [0.15, 0.2) is 30.3 Å². The molecule has 0 radical (unpaired) electrons. The number of fused-ring (bicyclic) bond motifs is 1. The second-order valence-electron chi connectivity index (χ2n) is 6.81. The number of nitrogens with zero attached hydrogens (tertiary/aromatic N) is 4. The van der Waals surface area contributed by atoms with Gasteiger partial charge in [-0.05, 0) is 30.3 Å². The molecule has 2 aliphatic rings. The fraction of sp³-hybridized carbons (Fsp3) is 0.421. The summed E-state index contributed by atoms with van der Waals surface area (Å²) in [6, 6.07) is 9.70. The summed E-state index contributed by atoms with van der Waals surface area (Å²) < 4.78 is 10.7. The summed E-state index contributed by atoms with van der Waals surface area (Å²) in [5, 5.41) is 8.74. The molecule has 1 saturated heterocycles. The van der Waals surface area contributed by atoms with Crippen molar-refractivity contribution in [3.05, 3.63) is 30.3 Å². The first kappa shape index (κ1) is 16.6. The van der Waals surface area contributed by atoms with E-state index in [1.165, 1.54) is 0 Å². The van der Waals surface area contributed by atoms with Crippen LogP contribution in [-0.2, 0) is 4.79 Å². The Kier molecular flexibility index (Phi) is 4.36. The normalized spacial score (nSPS) is 16.3. The molecular weight excluding hydrogens is 332 g/mol. The first-order valence-electron chi connectivity index (χ1n) is 8.89. The minimum atomic E-state index is 0.0438. The lowest BCUT2D eigenvalue weighted by Gasteiger charge is -2.36. The SMILES string of the molecule is CC(C)C(=O)N1CCN(c2ccc(-c3ccc4c(c3)OCO4)nn2)CC1. The molecule has 2 aliphatic heterocycles. The van der Waals surface area contributed by atoms with Crippen molar-refractivity contribution in [3.8, 4) is 22.8 Å². The number of aromatic nitrogens is 2. The molecule has 0 atom stereocenters. The van der Waals surface area contributed by atoms with Crippen LogP contribution in [0.5, 0.6) is 11.5 Å². The number of hydrogen-bond acceptors (Lipinski definition) is 6. The summed E-state index contributed by atoms with van der Waals surface area (Å²) in [5.74, 6) is 2.59. The monoisotopic (exact) mass is 354 g/mol. The van der Waals surface area contributed by atoms with Gasteiger partial charge in [0.05, 0.1) is 5.69 Å². The number of carbonyl (C=O) groups excluding carboxylic acids is 1. The van der Waals surface area contributed by atoms with Crippen molar-refractivity contribution in [3.63, 3.8) is 0 Å². The maximum absolute atomic E-state index is 12.1. The van der Waals surface area contributed by atoms with E-state index in [1.807, 2.05) is 49.1 Å². The second-order valence-corrected chi connectivity index (χ2v) is 6.81. The minimum Gasteiger partial charge on any atom is -0.454 e. The highest BCUT2D eigenvalue weighted by Gasteiger charge is 2.23. The Labute approximate surface area is 152 Å². The van der Waals surface area contributed by atoms with Gasteiger partial charge in [0, 0.05) is 37.7 Å². The maximum atomic E-state index is 12.1. The van der Waals surface area contributed by atoms with Crippen molar-refractivity contribution in [2.24, 2.45) is 5.92 Å². The number of benzene rings is 1. The van der Waals surface area contributed by atoms with Gasteiger partial charge in [-0.1, -0.05) is 13.8 Å². The van der Waals surface area contributed by atoms with Crippen LogP contribution < -0.4 is 14.4 Å². The van der Waals surface area contributed by atoms with Gasteiger partial charge in [-0.25, -0.2) is 0 Å². The molecule has 1 fully saturated rings. The highest BCUT2D eigenvalue weighted by atomic mass is 16.7. The lowest BCUT2D eigenvalue weighted by Crippen LogP contribution is -2.50. The Balaban J connectivity index is 1.43. The molecule has 7 heteroatoms. The largest absolute Gasteiger partial charge is 0.454 e. The van der Waals surface area contributed by atoms with Crippen molar-refractivity contribution in [2.45, 2.75) is 13.8 Å². The molecular formula is C19H22N4O3. The molecule has 26 heavy (non-hydrogen) atoms. The Hall–Kier alpha value is -2.83. The molecule has 0 saturated carbocycles. The van der Waals surface area contributed by atoms with Gasteiger partial charge in [-0.2, -0.15) is 0 Å². The van der Waals surface area contributed by atoms with Crippen LogP contribution in [-0.4, -0.2) is 54.0 Å². The average Bonchev–Trinajstić information content (AvgIpc) is 3.15. The average molecular weight is 354 g/mol. The highest BCUT2D eigenvalue weighted by molar-refractivity contribution is 5.78. The number of rotatable bonds is 3. The predicted molar refractivity (Wildman–Crippen MR) is 97.2 cm³/mol. The van der Waals surface area contributed by atoms with E-state index < -0.39 is 0 Å². The second kappa shape index (κ2) is 6.82. The number of anilines is 1. The topological polar surface area (TPSA) is 67.8 Å². The van der Waals surface area contributed by atoms with Crippen LogP contribution in [0.4, 0.5) is 5.82 Å². The summed E-state index contributed by atoms with van der Waals surface area (Å²) >= 11 is 0. The Morgan fingerprint density at radius 1 is 1.00 bits per heavy atom. The van der Waals surface area contributed by atoms with Crippen molar-refractivity contribution in [1.29, 1.82) is 0 Å². The van der Waals surface area contributed by atoms with Gasteiger partial charge in [-0.15, -0.1) is 10.2 Å². The summed E-state index contributed by atoms with van der Waals surface area (Å²) in [4.78, 5) is 16.2. The minimum absolute atomic E-state index is 0.0438. The van der Waals surface area contributed by atoms with Gasteiger partial charge in [0.1, 0.15) is 0 Å². The Morgan fingerprint density at radius 2 is 1.77 bits per heavy atom. The molecule has 1 aromatic heterocycles. The van der Waals surface area contributed by atoms with Gasteiger partial charge >= 0.3 is 0 Å². The summed E-state index contributed by atoms with van der Waals surface area (Å²) in [7, 11) is 0. The zero-order valence-corrected chi connectivity index (χ0v) is 15.0. The van der Waals surface area contributed by atoms with Crippen LogP contribution in [0, 0.1) is 5.92 Å². The lowest BCUT2D eigenvalue weighted by atomic mass is 10.1. The van der Waals surface area contributed by atoms with Crippen molar-refractivity contribution >= 4 is 11.7 Å². The van der Waals surface area contributed by atoms with Gasteiger partial charge in [-0.3, -0.25) is 4.79 Å². The van der Waals surface area contributed by atoms with Crippen molar-refractivity contribution in [2.75, 3.05) is 37.9 Å². The third-order valence-corrected chi connectivity index (χ3v) is 4.73. The third kappa shape index (κ3) is 3.16. The van der Waals surface area contributed by atoms with E-state index in [4.69, 9.17) is 9.47 Å². The van der Waals surface area contributed by atoms with E-state index in [-0.39, 0.29) is 18.6 Å². The smallest absolute Gasteiger partial charge is 0.231 e. The lowest BCUT2D eigenvalue weighted by molar-refractivity contribution is -0.134. The molecule has 0 spiro atoms. The van der Waals surface area contributed by atoms with Gasteiger partial charge in [0.2, 0.25) is 12.7 Å². The van der Waals surface area contributed by atoms with E-state index in [1.54, 1.807) is 0 Å². The Morgan fingerprint density at radius 3 is 2.46 bits per heavy atom. The van der Waals surface area contributed by atoms with Crippen LogP contribution >= 0.6 is 0 Å². The fourth-order valence-electron chi connectivity index (χ4n) is 3.22. The summed E-state index contributed by atoms with van der Waals surface area (Å²) in [5.41, 5.74) is 1.74. The molecule has 3 heterocycles. The zero-order chi connectivity index (χ0) is 18.1. The van der Waals surface area contributed by atoms with Crippen LogP contribution in [0.1, 0.15) is 13.8 Å². The standard InChI is InChI=1S/C19H22N4O3/c1-13(2)19(24)23-9-7-22(8-10-23)18-6-4-15(20-21-18)14-3-5-16-17(11-14)26-12-25-16/h3-6,11,13H,7-10,12H2,1-2H3. The third-order valence-electron chi connectivity index (χ3n) is 4.73.